The minimum Gasteiger partial charge on any atom is -0.496 e. The molecule has 1 heterocycles. The highest BCUT2D eigenvalue weighted by Crippen LogP contribution is 2.30. The highest BCUT2D eigenvalue weighted by molar-refractivity contribution is 6.02. The van der Waals surface area contributed by atoms with Gasteiger partial charge in [-0.2, -0.15) is 0 Å². The van der Waals surface area contributed by atoms with Gasteiger partial charge in [0.15, 0.2) is 5.43 Å². The van der Waals surface area contributed by atoms with Gasteiger partial charge in [-0.15, -0.1) is 0 Å². The van der Waals surface area contributed by atoms with Gasteiger partial charge in [-0.05, 0) is 35.0 Å². The third-order valence-electron chi connectivity index (χ3n) is 4.67. The van der Waals surface area contributed by atoms with Gasteiger partial charge in [0.2, 0.25) is 0 Å². The molecule has 0 saturated heterocycles. The zero-order valence-corrected chi connectivity index (χ0v) is 13.5. The van der Waals surface area contributed by atoms with Crippen LogP contribution in [0.15, 0.2) is 53.3 Å². The van der Waals surface area contributed by atoms with Crippen LogP contribution in [0.2, 0.25) is 0 Å². The summed E-state index contributed by atoms with van der Waals surface area (Å²) in [6.07, 6.45) is 0. The lowest BCUT2D eigenvalue weighted by Gasteiger charge is -2.16. The number of fused-ring (bicyclic) bond motifs is 3. The minimum absolute atomic E-state index is 0.0267. The van der Waals surface area contributed by atoms with Crippen LogP contribution >= 0.6 is 0 Å². The van der Waals surface area contributed by atoms with Crippen molar-refractivity contribution in [2.75, 3.05) is 7.11 Å². The maximum Gasteiger partial charge on any atom is 0.197 e. The monoisotopic (exact) mass is 319 g/mol. The Bertz CT molecular complexity index is 1160. The quantitative estimate of drug-likeness (QED) is 0.577. The molecule has 0 atom stereocenters. The molecule has 0 radical (unpaired) electrons. The van der Waals surface area contributed by atoms with E-state index < -0.39 is 0 Å². The standard InChI is InChI=1S/C20H17NO3/c1-21-17-10-13-6-4-3-5-12(13)9-15(17)20(23)14-7-8-18(24-2)16(11-22)19(14)21/h3-10,22H,11H2,1-2H3. The van der Waals surface area contributed by atoms with Crippen molar-refractivity contribution in [3.63, 3.8) is 0 Å². The van der Waals surface area contributed by atoms with Crippen LogP contribution in [0.4, 0.5) is 0 Å². The first-order valence-corrected chi connectivity index (χ1v) is 7.77. The molecule has 0 fully saturated rings. The molecule has 0 spiro atoms. The fourth-order valence-electron chi connectivity index (χ4n) is 3.48. The van der Waals surface area contributed by atoms with Crippen molar-refractivity contribution in [3.05, 3.63) is 64.3 Å². The Kier molecular flexibility index (Phi) is 3.28. The van der Waals surface area contributed by atoms with Gasteiger partial charge in [0.25, 0.3) is 0 Å². The third kappa shape index (κ3) is 1.93. The minimum atomic E-state index is -0.188. The van der Waals surface area contributed by atoms with Crippen molar-refractivity contribution in [1.29, 1.82) is 0 Å². The average Bonchev–Trinajstić information content (AvgIpc) is 2.63. The fraction of sp³-hybridized carbons (Fsp3) is 0.150. The van der Waals surface area contributed by atoms with Crippen LogP contribution in [0, 0.1) is 0 Å². The normalized spacial score (nSPS) is 11.5. The molecule has 120 valence electrons. The summed E-state index contributed by atoms with van der Waals surface area (Å²) in [5, 5.41) is 13.2. The first kappa shape index (κ1) is 14.7. The summed E-state index contributed by atoms with van der Waals surface area (Å²) in [6.45, 7) is -0.188. The summed E-state index contributed by atoms with van der Waals surface area (Å²) in [4.78, 5) is 13.0. The topological polar surface area (TPSA) is 51.5 Å². The summed E-state index contributed by atoms with van der Waals surface area (Å²) < 4.78 is 7.31. The van der Waals surface area contributed by atoms with E-state index in [2.05, 4.69) is 0 Å². The Labute approximate surface area is 138 Å². The van der Waals surface area contributed by atoms with E-state index in [1.165, 1.54) is 0 Å². The van der Waals surface area contributed by atoms with Crippen LogP contribution < -0.4 is 10.2 Å². The lowest BCUT2D eigenvalue weighted by atomic mass is 10.0. The Balaban J connectivity index is 2.28. The zero-order valence-electron chi connectivity index (χ0n) is 13.5. The molecule has 4 nitrogen and oxygen atoms in total. The van der Waals surface area contributed by atoms with Crippen LogP contribution in [0.1, 0.15) is 5.56 Å². The molecule has 4 aromatic rings. The molecule has 24 heavy (non-hydrogen) atoms. The molecule has 1 N–H and O–H groups in total. The van der Waals surface area contributed by atoms with Gasteiger partial charge in [-0.25, -0.2) is 0 Å². The molecule has 4 rings (SSSR count). The number of aromatic nitrogens is 1. The van der Waals surface area contributed by atoms with Gasteiger partial charge in [0, 0.05) is 23.4 Å². The second-order valence-corrected chi connectivity index (χ2v) is 5.91. The SMILES string of the molecule is COc1ccc2c(=O)c3cc4ccccc4cc3n(C)c2c1CO. The first-order valence-electron chi connectivity index (χ1n) is 7.77. The molecule has 1 aromatic heterocycles. The predicted molar refractivity (Wildman–Crippen MR) is 96.7 cm³/mol. The highest BCUT2D eigenvalue weighted by Gasteiger charge is 2.15. The summed E-state index contributed by atoms with van der Waals surface area (Å²) in [5.74, 6) is 0.583. The molecule has 0 amide bonds. The maximum absolute atomic E-state index is 13.0. The van der Waals surface area contributed by atoms with Gasteiger partial charge in [-0.1, -0.05) is 24.3 Å². The van der Waals surface area contributed by atoms with E-state index in [-0.39, 0.29) is 12.0 Å². The van der Waals surface area contributed by atoms with Crippen molar-refractivity contribution >= 4 is 32.6 Å². The summed E-state index contributed by atoms with van der Waals surface area (Å²) >= 11 is 0. The van der Waals surface area contributed by atoms with Crippen LogP contribution in [-0.2, 0) is 13.7 Å². The number of aliphatic hydroxyl groups is 1. The van der Waals surface area contributed by atoms with E-state index in [1.807, 2.05) is 48.0 Å². The lowest BCUT2D eigenvalue weighted by molar-refractivity contribution is 0.275. The molecule has 3 aromatic carbocycles. The number of methoxy groups -OCH3 is 1. The number of benzene rings is 3. The van der Waals surface area contributed by atoms with Crippen LogP contribution in [-0.4, -0.2) is 16.8 Å². The van der Waals surface area contributed by atoms with E-state index in [9.17, 15) is 9.90 Å². The van der Waals surface area contributed by atoms with Gasteiger partial charge in [0.05, 0.1) is 24.8 Å². The molecule has 4 heteroatoms. The number of ether oxygens (including phenoxy) is 1. The number of pyridine rings is 1. The number of hydrogen-bond donors (Lipinski definition) is 1. The van der Waals surface area contributed by atoms with E-state index in [4.69, 9.17) is 4.74 Å². The van der Waals surface area contributed by atoms with E-state index >= 15 is 0 Å². The third-order valence-corrected chi connectivity index (χ3v) is 4.67. The van der Waals surface area contributed by atoms with Gasteiger partial charge in [-0.3, -0.25) is 4.79 Å². The molecule has 0 aliphatic heterocycles. The van der Waals surface area contributed by atoms with E-state index in [1.54, 1.807) is 19.2 Å². The van der Waals surface area contributed by atoms with Crippen LogP contribution in [0.3, 0.4) is 0 Å². The highest BCUT2D eigenvalue weighted by atomic mass is 16.5. The van der Waals surface area contributed by atoms with Crippen molar-refractivity contribution in [3.8, 4) is 5.75 Å². The van der Waals surface area contributed by atoms with E-state index in [0.29, 0.717) is 27.6 Å². The van der Waals surface area contributed by atoms with Crippen molar-refractivity contribution < 1.29 is 9.84 Å². The summed E-state index contributed by atoms with van der Waals surface area (Å²) in [6, 6.07) is 15.4. The number of nitrogens with zero attached hydrogens (tertiary/aromatic N) is 1. The summed E-state index contributed by atoms with van der Waals surface area (Å²) in [5.41, 5.74) is 2.16. The zero-order chi connectivity index (χ0) is 16.8. The number of aryl methyl sites for hydroxylation is 1. The Morgan fingerprint density at radius 1 is 1.04 bits per heavy atom. The van der Waals surface area contributed by atoms with Gasteiger partial charge in [0.1, 0.15) is 5.75 Å². The Hall–Kier alpha value is -2.85. The molecule has 0 saturated carbocycles. The second-order valence-electron chi connectivity index (χ2n) is 5.91. The Morgan fingerprint density at radius 3 is 2.42 bits per heavy atom. The lowest BCUT2D eigenvalue weighted by Crippen LogP contribution is -2.11. The van der Waals surface area contributed by atoms with Crippen LogP contribution in [0.5, 0.6) is 5.75 Å². The predicted octanol–water partition coefficient (Wildman–Crippen LogP) is 3.35. The van der Waals surface area contributed by atoms with Crippen molar-refractivity contribution in [2.45, 2.75) is 6.61 Å². The molecule has 0 aliphatic rings. The largest absolute Gasteiger partial charge is 0.496 e. The van der Waals surface area contributed by atoms with Gasteiger partial charge < -0.3 is 14.4 Å². The van der Waals surface area contributed by atoms with Gasteiger partial charge >= 0.3 is 0 Å². The smallest absolute Gasteiger partial charge is 0.197 e. The maximum atomic E-state index is 13.0. The van der Waals surface area contributed by atoms with Crippen molar-refractivity contribution in [1.82, 2.24) is 4.57 Å². The van der Waals surface area contributed by atoms with Crippen molar-refractivity contribution in [2.24, 2.45) is 7.05 Å². The summed E-state index contributed by atoms with van der Waals surface area (Å²) in [7, 11) is 3.48. The molecular formula is C20H17NO3. The number of hydrogen-bond acceptors (Lipinski definition) is 3. The Morgan fingerprint density at radius 2 is 1.75 bits per heavy atom. The fourth-order valence-corrected chi connectivity index (χ4v) is 3.48. The number of aliphatic hydroxyl groups excluding tert-OH is 1. The first-order chi connectivity index (χ1) is 11.7. The average molecular weight is 319 g/mol. The molecule has 0 bridgehead atoms. The molecule has 0 unspecified atom stereocenters. The number of rotatable bonds is 2. The van der Waals surface area contributed by atoms with E-state index in [0.717, 1.165) is 16.3 Å². The second kappa shape index (κ2) is 5.35. The molecular weight excluding hydrogens is 302 g/mol. The molecule has 0 aliphatic carbocycles. The van der Waals surface area contributed by atoms with Crippen LogP contribution in [0.25, 0.3) is 32.6 Å².